The van der Waals surface area contributed by atoms with Crippen LogP contribution in [0.3, 0.4) is 0 Å². The normalized spacial score (nSPS) is 15.3. The molecule has 0 unspecified atom stereocenters. The van der Waals surface area contributed by atoms with Crippen LogP contribution in [0.4, 0.5) is 10.1 Å². The molecule has 1 amide bonds. The highest BCUT2D eigenvalue weighted by molar-refractivity contribution is 7.98. The van der Waals surface area contributed by atoms with Gasteiger partial charge in [-0.2, -0.15) is 0 Å². The average molecular weight is 417 g/mol. The van der Waals surface area contributed by atoms with Crippen LogP contribution in [-0.4, -0.2) is 37.1 Å². The number of hydrogen-bond donors (Lipinski definition) is 1. The van der Waals surface area contributed by atoms with Crippen molar-refractivity contribution in [1.29, 1.82) is 0 Å². The summed E-state index contributed by atoms with van der Waals surface area (Å²) in [5.41, 5.74) is 3.04. The van der Waals surface area contributed by atoms with Gasteiger partial charge < -0.3 is 14.8 Å². The third-order valence-electron chi connectivity index (χ3n) is 5.08. The monoisotopic (exact) mass is 416 g/mol. The van der Waals surface area contributed by atoms with Gasteiger partial charge in [0.05, 0.1) is 5.71 Å². The molecule has 7 heteroatoms. The first-order valence-corrected chi connectivity index (χ1v) is 10.5. The highest BCUT2D eigenvalue weighted by Gasteiger charge is 2.22. The summed E-state index contributed by atoms with van der Waals surface area (Å²) in [5, 5.41) is 13.0. The summed E-state index contributed by atoms with van der Waals surface area (Å²) in [4.78, 5) is 13.8. The summed E-state index contributed by atoms with van der Waals surface area (Å²) in [7, 11) is 1.74. The van der Waals surface area contributed by atoms with Gasteiger partial charge in [0.15, 0.2) is 0 Å². The Hall–Kier alpha value is -2.38. The number of carbonyl (C=O) groups excluding carboxylic acids is 1. The van der Waals surface area contributed by atoms with Crippen molar-refractivity contribution >= 4 is 29.1 Å². The Balaban J connectivity index is 1.70. The van der Waals surface area contributed by atoms with Crippen molar-refractivity contribution in [2.45, 2.75) is 30.4 Å². The molecule has 0 aliphatic carbocycles. The van der Waals surface area contributed by atoms with Gasteiger partial charge in [-0.15, -0.1) is 11.8 Å². The van der Waals surface area contributed by atoms with Crippen LogP contribution in [0, 0.1) is 11.7 Å². The zero-order chi connectivity index (χ0) is 20.8. The van der Waals surface area contributed by atoms with Crippen molar-refractivity contribution in [3.05, 3.63) is 59.4 Å². The van der Waals surface area contributed by atoms with E-state index in [1.54, 1.807) is 11.9 Å². The van der Waals surface area contributed by atoms with E-state index < -0.39 is 0 Å². The molecule has 2 aromatic rings. The molecular weight excluding hydrogens is 391 g/mol. The molecule has 5 nitrogen and oxygen atoms in total. The summed E-state index contributed by atoms with van der Waals surface area (Å²) in [6.45, 7) is 2.76. The highest BCUT2D eigenvalue weighted by atomic mass is 32.2. The van der Waals surface area contributed by atoms with Crippen molar-refractivity contribution in [2.75, 3.05) is 25.2 Å². The van der Waals surface area contributed by atoms with Crippen LogP contribution < -0.4 is 4.90 Å². The van der Waals surface area contributed by atoms with Gasteiger partial charge in [0, 0.05) is 55.0 Å². The van der Waals surface area contributed by atoms with Gasteiger partial charge in [-0.1, -0.05) is 17.3 Å². The van der Waals surface area contributed by atoms with E-state index in [0.717, 1.165) is 29.0 Å². The maximum absolute atomic E-state index is 14.2. The fourth-order valence-corrected chi connectivity index (χ4v) is 4.24. The van der Waals surface area contributed by atoms with Crippen LogP contribution >= 0.6 is 11.8 Å². The molecule has 1 heterocycles. The molecule has 1 fully saturated rings. The lowest BCUT2D eigenvalue weighted by Crippen LogP contribution is -2.24. The standard InChI is InChI=1S/C22H25FN2O3S/c1-15(26)25(2)20-5-3-16(4-6-20)14-29-21-12-18(11-19(23)13-21)22(24-27)17-7-9-28-10-8-17/h3-6,11-13,17,27H,7-10,14H2,1-2H3/b24-22-. The van der Waals surface area contributed by atoms with E-state index in [1.807, 2.05) is 30.3 Å². The minimum Gasteiger partial charge on any atom is -0.411 e. The number of halogens is 1. The Kier molecular flexibility index (Phi) is 7.28. The van der Waals surface area contributed by atoms with Gasteiger partial charge in [0.1, 0.15) is 5.82 Å². The van der Waals surface area contributed by atoms with Crippen LogP contribution in [0.1, 0.15) is 30.9 Å². The quantitative estimate of drug-likeness (QED) is 0.321. The molecule has 29 heavy (non-hydrogen) atoms. The molecule has 1 aliphatic heterocycles. The number of nitrogens with zero attached hydrogens (tertiary/aromatic N) is 2. The number of amides is 1. The van der Waals surface area contributed by atoms with E-state index in [0.29, 0.717) is 30.2 Å². The van der Waals surface area contributed by atoms with Crippen molar-refractivity contribution < 1.29 is 19.1 Å². The fraction of sp³-hybridized carbons (Fsp3) is 0.364. The van der Waals surface area contributed by atoms with E-state index in [1.165, 1.54) is 30.8 Å². The van der Waals surface area contributed by atoms with Gasteiger partial charge in [-0.25, -0.2) is 4.39 Å². The third-order valence-corrected chi connectivity index (χ3v) is 6.13. The van der Waals surface area contributed by atoms with Crippen LogP contribution in [0.25, 0.3) is 0 Å². The molecule has 1 saturated heterocycles. The zero-order valence-corrected chi connectivity index (χ0v) is 17.4. The lowest BCUT2D eigenvalue weighted by Gasteiger charge is -2.23. The number of hydrogen-bond acceptors (Lipinski definition) is 5. The summed E-state index contributed by atoms with van der Waals surface area (Å²) in [5.74, 6) is 0.358. The second-order valence-electron chi connectivity index (χ2n) is 7.08. The molecule has 0 bridgehead atoms. The predicted molar refractivity (Wildman–Crippen MR) is 113 cm³/mol. The molecule has 154 valence electrons. The van der Waals surface area contributed by atoms with Gasteiger partial charge >= 0.3 is 0 Å². The summed E-state index contributed by atoms with van der Waals surface area (Å²) in [6.07, 6.45) is 1.53. The third kappa shape index (κ3) is 5.58. The van der Waals surface area contributed by atoms with Crippen LogP contribution in [0.15, 0.2) is 52.5 Å². The van der Waals surface area contributed by atoms with Crippen molar-refractivity contribution in [3.63, 3.8) is 0 Å². The van der Waals surface area contributed by atoms with Crippen LogP contribution in [0.2, 0.25) is 0 Å². The minimum absolute atomic E-state index is 0.0229. The first kappa shape index (κ1) is 21.3. The second kappa shape index (κ2) is 9.89. The maximum Gasteiger partial charge on any atom is 0.223 e. The number of oxime groups is 1. The molecule has 0 radical (unpaired) electrons. The largest absolute Gasteiger partial charge is 0.411 e. The van der Waals surface area contributed by atoms with E-state index in [9.17, 15) is 14.4 Å². The number of carbonyl (C=O) groups is 1. The summed E-state index contributed by atoms with van der Waals surface area (Å²) < 4.78 is 19.6. The maximum atomic E-state index is 14.2. The van der Waals surface area contributed by atoms with E-state index in [-0.39, 0.29) is 17.6 Å². The number of thioether (sulfide) groups is 1. The van der Waals surface area contributed by atoms with Crippen molar-refractivity contribution in [1.82, 2.24) is 0 Å². The predicted octanol–water partition coefficient (Wildman–Crippen LogP) is 4.71. The van der Waals surface area contributed by atoms with E-state index in [4.69, 9.17) is 4.74 Å². The molecule has 2 aromatic carbocycles. The average Bonchev–Trinajstić information content (AvgIpc) is 2.73. The Bertz CT molecular complexity index is 880. The van der Waals surface area contributed by atoms with Gasteiger partial charge in [0.2, 0.25) is 5.91 Å². The lowest BCUT2D eigenvalue weighted by molar-refractivity contribution is -0.116. The molecule has 1 aliphatic rings. The first-order chi connectivity index (χ1) is 14.0. The number of ether oxygens (including phenoxy) is 1. The zero-order valence-electron chi connectivity index (χ0n) is 16.6. The lowest BCUT2D eigenvalue weighted by atomic mass is 9.90. The molecule has 0 saturated carbocycles. The Morgan fingerprint density at radius 1 is 1.24 bits per heavy atom. The van der Waals surface area contributed by atoms with Crippen LogP contribution in [-0.2, 0) is 15.3 Å². The van der Waals surface area contributed by atoms with Gasteiger partial charge in [-0.05, 0) is 48.7 Å². The van der Waals surface area contributed by atoms with Crippen molar-refractivity contribution in [2.24, 2.45) is 11.1 Å². The fourth-order valence-electron chi connectivity index (χ4n) is 3.30. The Morgan fingerprint density at radius 2 is 1.93 bits per heavy atom. The smallest absolute Gasteiger partial charge is 0.223 e. The van der Waals surface area contributed by atoms with Crippen molar-refractivity contribution in [3.8, 4) is 0 Å². The van der Waals surface area contributed by atoms with E-state index in [2.05, 4.69) is 5.16 Å². The SMILES string of the molecule is CC(=O)N(C)c1ccc(CSc2cc(F)cc(/C(=N\O)C3CCOCC3)c2)cc1. The number of anilines is 1. The Morgan fingerprint density at radius 3 is 2.55 bits per heavy atom. The molecule has 3 rings (SSSR count). The van der Waals surface area contributed by atoms with E-state index >= 15 is 0 Å². The Labute approximate surface area is 174 Å². The highest BCUT2D eigenvalue weighted by Crippen LogP contribution is 2.28. The van der Waals surface area contributed by atoms with Gasteiger partial charge in [0.25, 0.3) is 0 Å². The molecule has 0 aromatic heterocycles. The summed E-state index contributed by atoms with van der Waals surface area (Å²) >= 11 is 1.52. The number of rotatable bonds is 6. The molecule has 0 spiro atoms. The van der Waals surface area contributed by atoms with Gasteiger partial charge in [-0.3, -0.25) is 4.79 Å². The van der Waals surface area contributed by atoms with Crippen LogP contribution in [0.5, 0.6) is 0 Å². The summed E-state index contributed by atoms with van der Waals surface area (Å²) in [6, 6.07) is 12.5. The minimum atomic E-state index is -0.350. The molecule has 0 atom stereocenters. The first-order valence-electron chi connectivity index (χ1n) is 9.54. The molecular formula is C22H25FN2O3S. The topological polar surface area (TPSA) is 62.1 Å². The second-order valence-corrected chi connectivity index (χ2v) is 8.13. The molecule has 1 N–H and O–H groups in total. The number of benzene rings is 2.